The molecule has 2 aromatic rings. The van der Waals surface area contributed by atoms with Crippen molar-refractivity contribution in [3.8, 4) is 0 Å². The summed E-state index contributed by atoms with van der Waals surface area (Å²) in [5, 5.41) is 2.38. The molecule has 0 fully saturated rings. The number of ether oxygens (including phenoxy) is 1. The van der Waals surface area contributed by atoms with E-state index in [2.05, 4.69) is 15.3 Å². The molecule has 1 aliphatic heterocycles. The van der Waals surface area contributed by atoms with Crippen LogP contribution in [0.4, 0.5) is 23.7 Å². The van der Waals surface area contributed by atoms with Crippen LogP contribution in [0.3, 0.4) is 0 Å². The Bertz CT molecular complexity index is 1110. The normalized spacial score (nSPS) is 17.1. The van der Waals surface area contributed by atoms with E-state index in [1.165, 1.54) is 33.2 Å². The van der Waals surface area contributed by atoms with E-state index >= 15 is 0 Å². The van der Waals surface area contributed by atoms with Crippen LogP contribution in [0.25, 0.3) is 0 Å². The number of esters is 1. The van der Waals surface area contributed by atoms with Crippen LogP contribution in [0.5, 0.6) is 0 Å². The van der Waals surface area contributed by atoms with Gasteiger partial charge in [-0.25, -0.2) is 32.7 Å². The van der Waals surface area contributed by atoms with Crippen molar-refractivity contribution in [1.29, 1.82) is 0 Å². The number of anilines is 1. The van der Waals surface area contributed by atoms with Gasteiger partial charge in [0.25, 0.3) is 0 Å². The van der Waals surface area contributed by atoms with Gasteiger partial charge in [-0.15, -0.1) is 0 Å². The van der Waals surface area contributed by atoms with Gasteiger partial charge in [-0.2, -0.15) is 0 Å². The predicted molar refractivity (Wildman–Crippen MR) is 105 cm³/mol. The number of nitrogens with one attached hydrogen (secondary N) is 1. The molecule has 0 atom stereocenters. The molecule has 0 spiro atoms. The number of hydrogen-bond acceptors (Lipinski definition) is 5. The van der Waals surface area contributed by atoms with Gasteiger partial charge in [0.05, 0.1) is 30.3 Å². The van der Waals surface area contributed by atoms with Gasteiger partial charge >= 0.3 is 12.0 Å². The minimum absolute atomic E-state index is 0. The number of carbonyl (C=O) groups excluding carboxylic acids is 2. The number of amidine groups is 1. The van der Waals surface area contributed by atoms with Crippen molar-refractivity contribution in [3.63, 3.8) is 0 Å². The fraction of sp³-hybridized carbons (Fsp3) is 0.200. The Morgan fingerprint density at radius 2 is 1.97 bits per heavy atom. The van der Waals surface area contributed by atoms with E-state index in [-0.39, 0.29) is 30.6 Å². The molecule has 3 rings (SSSR count). The molecule has 0 saturated carbocycles. The van der Waals surface area contributed by atoms with Crippen molar-refractivity contribution in [1.82, 2.24) is 10.3 Å². The molecule has 0 aliphatic carbocycles. The molecule has 158 valence electrons. The molecule has 1 aliphatic rings. The number of allylic oxidation sites excluding steroid dienone is 1. The number of amides is 2. The molecule has 1 aromatic carbocycles. The van der Waals surface area contributed by atoms with Gasteiger partial charge < -0.3 is 4.74 Å². The number of rotatable bonds is 2. The zero-order chi connectivity index (χ0) is 22.0. The first-order valence-corrected chi connectivity index (χ1v) is 8.72. The molecule has 0 saturated heterocycles. The van der Waals surface area contributed by atoms with Gasteiger partial charge in [-0.1, -0.05) is 6.07 Å². The largest absolute Gasteiger partial charge is 0.466 e. The van der Waals surface area contributed by atoms with Crippen molar-refractivity contribution < 1.29 is 28.9 Å². The molecular formula is C20H19F3N4O3. The maximum Gasteiger partial charge on any atom is 0.335 e. The van der Waals surface area contributed by atoms with Gasteiger partial charge in [0.2, 0.25) is 0 Å². The fourth-order valence-corrected chi connectivity index (χ4v) is 2.92. The van der Waals surface area contributed by atoms with Crippen LogP contribution in [0.15, 0.2) is 46.7 Å². The third kappa shape index (κ3) is 4.17. The average molecular weight is 420 g/mol. The highest BCUT2D eigenvalue weighted by atomic mass is 19.1. The van der Waals surface area contributed by atoms with E-state index in [1.54, 1.807) is 0 Å². The Kier molecular flexibility index (Phi) is 5.86. The topological polar surface area (TPSA) is 83.9 Å². The standard InChI is InChI=1S/C20H17F3N4O3.H2/c1-10-14(19(28)30-3)6-11-4-5-12(21)8-16(11)27(2)20(29)26-18(25-10)17-15(23)7-13(22)9-24-17;/h4-5,7-9H,6H2,1-3H3,(H,25,26,29);1H/b14-10+;. The second-order valence-electron chi connectivity index (χ2n) is 6.44. The third-order valence-corrected chi connectivity index (χ3v) is 4.49. The summed E-state index contributed by atoms with van der Waals surface area (Å²) in [6.45, 7) is 1.47. The van der Waals surface area contributed by atoms with E-state index in [4.69, 9.17) is 4.74 Å². The number of halogens is 3. The van der Waals surface area contributed by atoms with Crippen LogP contribution in [0.1, 0.15) is 19.6 Å². The highest BCUT2D eigenvalue weighted by molar-refractivity contribution is 6.11. The number of urea groups is 1. The summed E-state index contributed by atoms with van der Waals surface area (Å²) in [5.41, 5.74) is 0.452. The second-order valence-corrected chi connectivity index (χ2v) is 6.44. The zero-order valence-electron chi connectivity index (χ0n) is 16.3. The average Bonchev–Trinajstić information content (AvgIpc) is 2.70. The molecule has 2 heterocycles. The van der Waals surface area contributed by atoms with E-state index in [0.717, 1.165) is 17.2 Å². The Labute approximate surface area is 171 Å². The minimum Gasteiger partial charge on any atom is -0.466 e. The van der Waals surface area contributed by atoms with Crippen molar-refractivity contribution in [2.75, 3.05) is 19.1 Å². The quantitative estimate of drug-likeness (QED) is 0.756. The number of aromatic nitrogens is 1. The lowest BCUT2D eigenvalue weighted by Crippen LogP contribution is -2.42. The molecule has 0 bridgehead atoms. The van der Waals surface area contributed by atoms with Crippen LogP contribution in [-0.2, 0) is 16.0 Å². The first-order chi connectivity index (χ1) is 14.2. The van der Waals surface area contributed by atoms with Gasteiger partial charge in [-0.05, 0) is 24.6 Å². The van der Waals surface area contributed by atoms with Gasteiger partial charge in [-0.3, -0.25) is 10.2 Å². The second kappa shape index (κ2) is 8.36. The van der Waals surface area contributed by atoms with Crippen LogP contribution >= 0.6 is 0 Å². The lowest BCUT2D eigenvalue weighted by Gasteiger charge is -2.24. The van der Waals surface area contributed by atoms with Crippen molar-refractivity contribution in [3.05, 3.63) is 70.4 Å². The number of hydrogen-bond donors (Lipinski definition) is 1. The van der Waals surface area contributed by atoms with E-state index in [9.17, 15) is 22.8 Å². The third-order valence-electron chi connectivity index (χ3n) is 4.49. The number of benzene rings is 1. The minimum atomic E-state index is -1.06. The Hall–Kier alpha value is -3.69. The molecule has 30 heavy (non-hydrogen) atoms. The Morgan fingerprint density at radius 3 is 2.63 bits per heavy atom. The predicted octanol–water partition coefficient (Wildman–Crippen LogP) is 3.34. The number of nitrogens with zero attached hydrogens (tertiary/aromatic N) is 3. The summed E-state index contributed by atoms with van der Waals surface area (Å²) >= 11 is 0. The molecule has 7 nitrogen and oxygen atoms in total. The number of pyridine rings is 1. The number of fused-ring (bicyclic) bond motifs is 1. The monoisotopic (exact) mass is 420 g/mol. The first-order valence-electron chi connectivity index (χ1n) is 8.72. The lowest BCUT2D eigenvalue weighted by molar-refractivity contribution is -0.136. The van der Waals surface area contributed by atoms with Crippen LogP contribution in [0.2, 0.25) is 0 Å². The van der Waals surface area contributed by atoms with Crippen molar-refractivity contribution >= 4 is 23.5 Å². The summed E-state index contributed by atoms with van der Waals surface area (Å²) < 4.78 is 46.3. The summed E-state index contributed by atoms with van der Waals surface area (Å²) in [4.78, 5) is 34.0. The fourth-order valence-electron chi connectivity index (χ4n) is 2.92. The SMILES string of the molecule is COC(=O)/C1=C(\C)N=C(c2ncc(F)cc2F)NC(=O)N(C)c2cc(F)ccc2C1.[HH]. The summed E-state index contributed by atoms with van der Waals surface area (Å²) in [5.74, 6) is -3.61. The smallest absolute Gasteiger partial charge is 0.335 e. The van der Waals surface area contributed by atoms with Gasteiger partial charge in [0.1, 0.15) is 17.3 Å². The van der Waals surface area contributed by atoms with E-state index < -0.39 is 35.1 Å². The molecule has 2 amide bonds. The summed E-state index contributed by atoms with van der Waals surface area (Å²) in [6, 6.07) is 3.60. The number of methoxy groups -OCH3 is 1. The molecule has 1 aromatic heterocycles. The number of carbonyl (C=O) groups is 2. The molecule has 0 radical (unpaired) electrons. The van der Waals surface area contributed by atoms with Crippen LogP contribution in [0, 0.1) is 17.5 Å². The number of aliphatic imine (C=N–C) groups is 1. The van der Waals surface area contributed by atoms with Gasteiger partial charge in [0, 0.05) is 21.0 Å². The summed E-state index contributed by atoms with van der Waals surface area (Å²) in [7, 11) is 2.56. The Balaban J connectivity index is 0.00000341. The molecular weight excluding hydrogens is 401 g/mol. The zero-order valence-corrected chi connectivity index (χ0v) is 16.3. The summed E-state index contributed by atoms with van der Waals surface area (Å²) in [6.07, 6.45) is 0.739. The maximum atomic E-state index is 14.3. The van der Waals surface area contributed by atoms with E-state index in [0.29, 0.717) is 11.6 Å². The lowest BCUT2D eigenvalue weighted by atomic mass is 10.0. The van der Waals surface area contributed by atoms with Crippen LogP contribution in [-0.4, -0.2) is 37.0 Å². The maximum absolute atomic E-state index is 14.3. The Morgan fingerprint density at radius 1 is 1.23 bits per heavy atom. The van der Waals surface area contributed by atoms with Gasteiger partial charge in [0.15, 0.2) is 11.7 Å². The van der Waals surface area contributed by atoms with Crippen molar-refractivity contribution in [2.24, 2.45) is 4.99 Å². The first kappa shape index (κ1) is 21.0. The van der Waals surface area contributed by atoms with E-state index in [1.807, 2.05) is 0 Å². The highest BCUT2D eigenvalue weighted by Crippen LogP contribution is 2.27. The van der Waals surface area contributed by atoms with Crippen molar-refractivity contribution in [2.45, 2.75) is 13.3 Å². The molecule has 10 heteroatoms. The molecule has 1 N–H and O–H groups in total. The highest BCUT2D eigenvalue weighted by Gasteiger charge is 2.25. The molecule has 0 unspecified atom stereocenters. The van der Waals surface area contributed by atoms with Crippen LogP contribution < -0.4 is 10.2 Å².